The molecule has 1 aliphatic carbocycles. The van der Waals surface area contributed by atoms with Crippen LogP contribution in [0.1, 0.15) is 38.5 Å². The van der Waals surface area contributed by atoms with Gasteiger partial charge in [-0.05, 0) is 43.5 Å². The van der Waals surface area contributed by atoms with Crippen LogP contribution in [0, 0.1) is 0 Å². The number of carbonyl (C=O) groups is 2. The zero-order chi connectivity index (χ0) is 23.7. The smallest absolute Gasteiger partial charge is 0.387 e. The largest absolute Gasteiger partial charge is 0.434 e. The number of aromatic nitrogens is 2. The van der Waals surface area contributed by atoms with Crippen molar-refractivity contribution >= 4 is 11.8 Å². The Bertz CT molecular complexity index is 1200. The average Bonchev–Trinajstić information content (AvgIpc) is 3.47. The maximum atomic E-state index is 13.4. The van der Waals surface area contributed by atoms with Crippen LogP contribution in [0.4, 0.5) is 8.78 Å². The second kappa shape index (κ2) is 9.24. The van der Waals surface area contributed by atoms with Crippen LogP contribution in [0.5, 0.6) is 5.75 Å². The van der Waals surface area contributed by atoms with E-state index in [0.29, 0.717) is 31.9 Å². The topological polar surface area (TPSA) is 67.7 Å². The number of nitrogens with zero attached hydrogens (tertiary/aromatic N) is 4. The zero-order valence-electron chi connectivity index (χ0n) is 18.5. The molecule has 0 saturated carbocycles. The molecule has 0 unspecified atom stereocenters. The van der Waals surface area contributed by atoms with Crippen LogP contribution < -0.4 is 4.74 Å². The molecule has 1 saturated heterocycles. The number of carbonyl (C=O) groups excluding carboxylic acids is 2. The first kappa shape index (κ1) is 22.1. The molecular formula is C25H24F2N4O3. The molecule has 34 heavy (non-hydrogen) atoms. The number of hydrogen-bond donors (Lipinski definition) is 0. The number of benzene rings is 2. The predicted molar refractivity (Wildman–Crippen MR) is 120 cm³/mol. The summed E-state index contributed by atoms with van der Waals surface area (Å²) in [7, 11) is 0. The SMILES string of the molecule is O=C(c1ccccc1OC(F)F)N1CCN(C(=O)c2nn(-c3ccccc3)c3c2CCC3)CC1. The number of fused-ring (bicyclic) bond motifs is 1. The minimum atomic E-state index is -3.01. The summed E-state index contributed by atoms with van der Waals surface area (Å²) in [4.78, 5) is 29.6. The number of para-hydroxylation sites is 2. The third kappa shape index (κ3) is 4.13. The zero-order valence-corrected chi connectivity index (χ0v) is 18.5. The minimum absolute atomic E-state index is 0.0852. The van der Waals surface area contributed by atoms with Crippen molar-refractivity contribution in [2.24, 2.45) is 0 Å². The Morgan fingerprint density at radius 1 is 0.853 bits per heavy atom. The van der Waals surface area contributed by atoms with Gasteiger partial charge in [-0.3, -0.25) is 9.59 Å². The van der Waals surface area contributed by atoms with Gasteiger partial charge in [0, 0.05) is 37.4 Å². The summed E-state index contributed by atoms with van der Waals surface area (Å²) in [5.74, 6) is -0.679. The highest BCUT2D eigenvalue weighted by molar-refractivity contribution is 5.97. The van der Waals surface area contributed by atoms with Gasteiger partial charge in [0.1, 0.15) is 5.75 Å². The minimum Gasteiger partial charge on any atom is -0.434 e. The van der Waals surface area contributed by atoms with Gasteiger partial charge in [0.05, 0.1) is 11.3 Å². The third-order valence-electron chi connectivity index (χ3n) is 6.32. The summed E-state index contributed by atoms with van der Waals surface area (Å²) in [5, 5.41) is 4.68. The lowest BCUT2D eigenvalue weighted by Gasteiger charge is -2.34. The molecule has 1 fully saturated rings. The van der Waals surface area contributed by atoms with Gasteiger partial charge in [-0.1, -0.05) is 30.3 Å². The van der Waals surface area contributed by atoms with Crippen LogP contribution in [-0.2, 0) is 12.8 Å². The second-order valence-electron chi connectivity index (χ2n) is 8.33. The Hall–Kier alpha value is -3.75. The Kier molecular flexibility index (Phi) is 6.00. The summed E-state index contributed by atoms with van der Waals surface area (Å²) in [5.41, 5.74) is 3.58. The first-order valence-corrected chi connectivity index (χ1v) is 11.3. The van der Waals surface area contributed by atoms with Crippen molar-refractivity contribution in [2.45, 2.75) is 25.9 Å². The van der Waals surface area contributed by atoms with Crippen molar-refractivity contribution in [3.05, 3.63) is 77.1 Å². The van der Waals surface area contributed by atoms with E-state index in [0.717, 1.165) is 36.2 Å². The lowest BCUT2D eigenvalue weighted by Crippen LogP contribution is -2.50. The van der Waals surface area contributed by atoms with Crippen molar-refractivity contribution in [1.29, 1.82) is 0 Å². The van der Waals surface area contributed by atoms with E-state index in [2.05, 4.69) is 9.84 Å². The van der Waals surface area contributed by atoms with Crippen LogP contribution in [0.25, 0.3) is 5.69 Å². The number of amides is 2. The van der Waals surface area contributed by atoms with Crippen LogP contribution >= 0.6 is 0 Å². The molecule has 1 aromatic heterocycles. The Balaban J connectivity index is 1.30. The number of rotatable bonds is 5. The van der Waals surface area contributed by atoms with E-state index >= 15 is 0 Å². The normalized spacial score (nSPS) is 15.5. The predicted octanol–water partition coefficient (Wildman–Crippen LogP) is 3.56. The molecule has 3 aromatic rings. The summed E-state index contributed by atoms with van der Waals surface area (Å²) in [6, 6.07) is 15.7. The van der Waals surface area contributed by atoms with Gasteiger partial charge in [-0.15, -0.1) is 0 Å². The van der Waals surface area contributed by atoms with Crippen molar-refractivity contribution in [3.63, 3.8) is 0 Å². The number of ether oxygens (including phenoxy) is 1. The molecule has 0 bridgehead atoms. The van der Waals surface area contributed by atoms with Crippen molar-refractivity contribution in [3.8, 4) is 11.4 Å². The summed E-state index contributed by atoms with van der Waals surface area (Å²) >= 11 is 0. The first-order valence-electron chi connectivity index (χ1n) is 11.3. The summed E-state index contributed by atoms with van der Waals surface area (Å²) in [6.45, 7) is -1.73. The maximum absolute atomic E-state index is 13.4. The number of halogens is 2. The molecular weight excluding hydrogens is 442 g/mol. The molecule has 9 heteroatoms. The van der Waals surface area contributed by atoms with E-state index in [4.69, 9.17) is 0 Å². The van der Waals surface area contributed by atoms with Crippen LogP contribution in [-0.4, -0.2) is 64.2 Å². The van der Waals surface area contributed by atoms with E-state index in [-0.39, 0.29) is 17.2 Å². The third-order valence-corrected chi connectivity index (χ3v) is 6.32. The number of piperazine rings is 1. The first-order chi connectivity index (χ1) is 16.5. The molecule has 0 spiro atoms. The molecule has 0 radical (unpaired) electrons. The van der Waals surface area contributed by atoms with Crippen LogP contribution in [0.2, 0.25) is 0 Å². The van der Waals surface area contributed by atoms with Crippen molar-refractivity contribution in [2.75, 3.05) is 26.2 Å². The fourth-order valence-corrected chi connectivity index (χ4v) is 4.67. The molecule has 0 atom stereocenters. The molecule has 1 aliphatic heterocycles. The van der Waals surface area contributed by atoms with Crippen LogP contribution in [0.15, 0.2) is 54.6 Å². The average molecular weight is 466 g/mol. The lowest BCUT2D eigenvalue weighted by atomic mass is 10.1. The molecule has 5 rings (SSSR count). The van der Waals surface area contributed by atoms with E-state index in [1.165, 1.54) is 18.2 Å². The second-order valence-corrected chi connectivity index (χ2v) is 8.33. The molecule has 2 heterocycles. The van der Waals surface area contributed by atoms with E-state index < -0.39 is 12.5 Å². The summed E-state index contributed by atoms with van der Waals surface area (Å²) < 4.78 is 31.8. The molecule has 2 aliphatic rings. The highest BCUT2D eigenvalue weighted by Crippen LogP contribution is 2.29. The number of hydrogen-bond acceptors (Lipinski definition) is 4. The molecule has 0 N–H and O–H groups in total. The fraction of sp³-hybridized carbons (Fsp3) is 0.320. The fourth-order valence-electron chi connectivity index (χ4n) is 4.67. The highest BCUT2D eigenvalue weighted by atomic mass is 19.3. The monoisotopic (exact) mass is 466 g/mol. The Morgan fingerprint density at radius 3 is 2.21 bits per heavy atom. The van der Waals surface area contributed by atoms with Gasteiger partial charge in [0.15, 0.2) is 5.69 Å². The van der Waals surface area contributed by atoms with Gasteiger partial charge >= 0.3 is 6.61 Å². The summed E-state index contributed by atoms with van der Waals surface area (Å²) in [6.07, 6.45) is 2.69. The van der Waals surface area contributed by atoms with Gasteiger partial charge < -0.3 is 14.5 Å². The highest BCUT2D eigenvalue weighted by Gasteiger charge is 2.32. The Morgan fingerprint density at radius 2 is 1.50 bits per heavy atom. The van der Waals surface area contributed by atoms with Crippen molar-refractivity contribution < 1.29 is 23.1 Å². The van der Waals surface area contributed by atoms with Crippen molar-refractivity contribution in [1.82, 2.24) is 19.6 Å². The molecule has 2 aromatic carbocycles. The van der Waals surface area contributed by atoms with Gasteiger partial charge in [0.2, 0.25) is 0 Å². The quantitative estimate of drug-likeness (QED) is 0.577. The van der Waals surface area contributed by atoms with Gasteiger partial charge in [0.25, 0.3) is 11.8 Å². The van der Waals surface area contributed by atoms with Gasteiger partial charge in [-0.25, -0.2) is 4.68 Å². The standard InChI is InChI=1S/C25H24F2N4O3/c26-25(27)34-21-12-5-4-9-19(21)23(32)29-13-15-30(16-14-29)24(33)22-18-10-6-11-20(18)31(28-22)17-7-2-1-3-8-17/h1-5,7-9,12,25H,6,10-11,13-16H2. The molecule has 176 valence electrons. The lowest BCUT2D eigenvalue weighted by molar-refractivity contribution is -0.0503. The number of alkyl halides is 2. The Labute approximate surface area is 195 Å². The van der Waals surface area contributed by atoms with E-state index in [1.807, 2.05) is 35.0 Å². The van der Waals surface area contributed by atoms with E-state index in [9.17, 15) is 18.4 Å². The molecule has 2 amide bonds. The van der Waals surface area contributed by atoms with Crippen LogP contribution in [0.3, 0.4) is 0 Å². The maximum Gasteiger partial charge on any atom is 0.387 e. The van der Waals surface area contributed by atoms with Gasteiger partial charge in [-0.2, -0.15) is 13.9 Å². The van der Waals surface area contributed by atoms with E-state index in [1.54, 1.807) is 15.9 Å². The molecule has 7 nitrogen and oxygen atoms in total.